The first kappa shape index (κ1) is 30.5. The van der Waals surface area contributed by atoms with Crippen molar-refractivity contribution in [2.24, 2.45) is 5.92 Å². The van der Waals surface area contributed by atoms with Gasteiger partial charge in [-0.05, 0) is 40.7 Å². The number of carbonyl (C=O) groups excluding carboxylic acids is 2. The maximum absolute atomic E-state index is 13.9. The fourth-order valence-electron chi connectivity index (χ4n) is 4.26. The Morgan fingerprint density at radius 1 is 0.897 bits per heavy atom. The van der Waals surface area contributed by atoms with Crippen LogP contribution >= 0.6 is 23.2 Å². The lowest BCUT2D eigenvalue weighted by molar-refractivity contribution is -0.142. The Kier molecular flexibility index (Phi) is 10.8. The quantitative estimate of drug-likeness (QED) is 0.269. The molecule has 0 radical (unpaired) electrons. The van der Waals surface area contributed by atoms with Crippen LogP contribution in [0.3, 0.4) is 0 Å². The van der Waals surface area contributed by atoms with Gasteiger partial charge in [-0.2, -0.15) is 0 Å². The summed E-state index contributed by atoms with van der Waals surface area (Å²) in [5, 5.41) is 3.88. The second kappa shape index (κ2) is 13.9. The molecular formula is C32H38Cl2N2O3. The van der Waals surface area contributed by atoms with Crippen LogP contribution < -0.4 is 10.1 Å². The highest BCUT2D eigenvalue weighted by Crippen LogP contribution is 2.31. The van der Waals surface area contributed by atoms with E-state index in [1.165, 1.54) is 4.90 Å². The Labute approximate surface area is 242 Å². The van der Waals surface area contributed by atoms with Crippen molar-refractivity contribution >= 4 is 35.0 Å². The van der Waals surface area contributed by atoms with Gasteiger partial charge < -0.3 is 15.0 Å². The minimum absolute atomic E-state index is 0.0637. The molecule has 3 aromatic carbocycles. The average Bonchev–Trinajstić information content (AvgIpc) is 2.89. The molecule has 2 amide bonds. The van der Waals surface area contributed by atoms with Crippen molar-refractivity contribution in [3.05, 3.63) is 99.5 Å². The maximum Gasteiger partial charge on any atom is 0.261 e. The summed E-state index contributed by atoms with van der Waals surface area (Å²) in [7, 11) is 0. The molecule has 0 unspecified atom stereocenters. The van der Waals surface area contributed by atoms with Gasteiger partial charge >= 0.3 is 0 Å². The number of nitrogens with one attached hydrogen (secondary N) is 1. The van der Waals surface area contributed by atoms with E-state index in [0.717, 1.165) is 11.1 Å². The summed E-state index contributed by atoms with van der Waals surface area (Å²) >= 11 is 13.0. The van der Waals surface area contributed by atoms with Crippen molar-refractivity contribution in [1.29, 1.82) is 0 Å². The van der Waals surface area contributed by atoms with Crippen LogP contribution in [-0.2, 0) is 28.0 Å². The summed E-state index contributed by atoms with van der Waals surface area (Å²) in [5.74, 6) is 0.318. The zero-order valence-electron chi connectivity index (χ0n) is 23.3. The number of rotatable bonds is 11. The molecule has 1 atom stereocenters. The lowest BCUT2D eigenvalue weighted by Crippen LogP contribution is -2.52. The van der Waals surface area contributed by atoms with Gasteiger partial charge in [-0.15, -0.1) is 0 Å². The minimum Gasteiger partial charge on any atom is -0.483 e. The van der Waals surface area contributed by atoms with E-state index in [-0.39, 0.29) is 36.3 Å². The molecule has 0 spiro atoms. The first-order valence-corrected chi connectivity index (χ1v) is 14.0. The van der Waals surface area contributed by atoms with E-state index in [4.69, 9.17) is 27.9 Å². The Balaban J connectivity index is 1.98. The van der Waals surface area contributed by atoms with Crippen LogP contribution in [0.15, 0.2) is 72.8 Å². The lowest BCUT2D eigenvalue weighted by Gasteiger charge is -2.32. The second-order valence-electron chi connectivity index (χ2n) is 11.1. The van der Waals surface area contributed by atoms with Crippen LogP contribution in [0.25, 0.3) is 0 Å². The van der Waals surface area contributed by atoms with E-state index in [0.29, 0.717) is 34.3 Å². The lowest BCUT2D eigenvalue weighted by atomic mass is 9.86. The fourth-order valence-corrected chi connectivity index (χ4v) is 4.78. The van der Waals surface area contributed by atoms with Crippen LogP contribution in [-0.4, -0.2) is 35.9 Å². The topological polar surface area (TPSA) is 58.6 Å². The second-order valence-corrected chi connectivity index (χ2v) is 11.9. The number of amides is 2. The summed E-state index contributed by atoms with van der Waals surface area (Å²) < 4.78 is 6.09. The van der Waals surface area contributed by atoms with E-state index in [9.17, 15) is 9.59 Å². The van der Waals surface area contributed by atoms with Crippen LogP contribution in [0.4, 0.5) is 0 Å². The van der Waals surface area contributed by atoms with Crippen LogP contribution in [0, 0.1) is 5.92 Å². The summed E-state index contributed by atoms with van der Waals surface area (Å²) in [6.07, 6.45) is 0.331. The maximum atomic E-state index is 13.9. The van der Waals surface area contributed by atoms with E-state index in [1.807, 2.05) is 68.4 Å². The third kappa shape index (κ3) is 8.74. The van der Waals surface area contributed by atoms with E-state index in [2.05, 4.69) is 26.1 Å². The zero-order valence-corrected chi connectivity index (χ0v) is 24.9. The first-order chi connectivity index (χ1) is 18.5. The Bertz CT molecular complexity index is 1240. The molecule has 7 heteroatoms. The van der Waals surface area contributed by atoms with Crippen LogP contribution in [0.2, 0.25) is 10.0 Å². The minimum atomic E-state index is -0.799. The van der Waals surface area contributed by atoms with Crippen molar-refractivity contribution in [3.63, 3.8) is 0 Å². The van der Waals surface area contributed by atoms with E-state index in [1.54, 1.807) is 18.2 Å². The van der Waals surface area contributed by atoms with Crippen LogP contribution in [0.1, 0.15) is 51.3 Å². The van der Waals surface area contributed by atoms with Crippen molar-refractivity contribution in [1.82, 2.24) is 10.2 Å². The molecule has 0 saturated heterocycles. The van der Waals surface area contributed by atoms with Gasteiger partial charge in [0.05, 0.1) is 0 Å². The normalized spacial score (nSPS) is 12.2. The summed E-state index contributed by atoms with van der Waals surface area (Å²) in [6, 6.07) is 21.8. The summed E-state index contributed by atoms with van der Waals surface area (Å²) in [4.78, 5) is 29.1. The number of carbonyl (C=O) groups is 2. The van der Waals surface area contributed by atoms with Crippen molar-refractivity contribution < 1.29 is 14.3 Å². The predicted molar refractivity (Wildman–Crippen MR) is 159 cm³/mol. The molecule has 0 bridgehead atoms. The van der Waals surface area contributed by atoms with Gasteiger partial charge in [0.15, 0.2) is 6.61 Å². The highest BCUT2D eigenvalue weighted by molar-refractivity contribution is 6.36. The summed E-state index contributed by atoms with van der Waals surface area (Å²) in [5.41, 5.74) is 2.34. The number of nitrogens with zero attached hydrogens (tertiary/aromatic N) is 1. The predicted octanol–water partition coefficient (Wildman–Crippen LogP) is 7.08. The zero-order chi connectivity index (χ0) is 28.6. The molecule has 39 heavy (non-hydrogen) atoms. The van der Waals surface area contributed by atoms with Crippen molar-refractivity contribution in [2.75, 3.05) is 13.2 Å². The molecule has 0 aliphatic carbocycles. The summed E-state index contributed by atoms with van der Waals surface area (Å²) in [6.45, 7) is 10.7. The molecule has 3 aromatic rings. The van der Waals surface area contributed by atoms with Crippen molar-refractivity contribution in [2.45, 2.75) is 59.0 Å². The fraction of sp³-hybridized carbons (Fsp3) is 0.375. The monoisotopic (exact) mass is 568 g/mol. The molecule has 0 saturated carbocycles. The standard InChI is InChI=1S/C32H38Cl2N2O3/c1-22(2)19-35-31(38)28(18-23-12-7-6-8-13-23)36(20-24-26(33)15-11-16-27(24)34)30(37)21-39-29-17-10-9-14-25(29)32(3,4)5/h6-17,22,28H,18-21H2,1-5H3,(H,35,38)/t28-/m1/s1. The third-order valence-electron chi connectivity index (χ3n) is 6.39. The molecule has 1 N–H and O–H groups in total. The number of benzene rings is 3. The molecule has 0 aromatic heterocycles. The van der Waals surface area contributed by atoms with Gasteiger partial charge in [0, 0.05) is 35.1 Å². The smallest absolute Gasteiger partial charge is 0.261 e. The van der Waals surface area contributed by atoms with Gasteiger partial charge in [-0.1, -0.05) is 112 Å². The highest BCUT2D eigenvalue weighted by Gasteiger charge is 2.32. The van der Waals surface area contributed by atoms with E-state index >= 15 is 0 Å². The van der Waals surface area contributed by atoms with Gasteiger partial charge in [-0.3, -0.25) is 9.59 Å². The molecule has 0 aliphatic rings. The van der Waals surface area contributed by atoms with Gasteiger partial charge in [0.2, 0.25) is 5.91 Å². The largest absolute Gasteiger partial charge is 0.483 e. The Morgan fingerprint density at radius 3 is 2.13 bits per heavy atom. The van der Waals surface area contributed by atoms with Gasteiger partial charge in [0.1, 0.15) is 11.8 Å². The number of ether oxygens (including phenoxy) is 1. The highest BCUT2D eigenvalue weighted by atomic mass is 35.5. The molecule has 208 valence electrons. The SMILES string of the molecule is CC(C)CNC(=O)[C@@H](Cc1ccccc1)N(Cc1c(Cl)cccc1Cl)C(=O)COc1ccccc1C(C)(C)C. The molecule has 0 aliphatic heterocycles. The number of hydrogen-bond donors (Lipinski definition) is 1. The van der Waals surface area contributed by atoms with Crippen LogP contribution in [0.5, 0.6) is 5.75 Å². The number of hydrogen-bond acceptors (Lipinski definition) is 3. The molecule has 5 nitrogen and oxygen atoms in total. The third-order valence-corrected chi connectivity index (χ3v) is 7.10. The molecule has 0 fully saturated rings. The van der Waals surface area contributed by atoms with E-state index < -0.39 is 6.04 Å². The molecule has 3 rings (SSSR count). The van der Waals surface area contributed by atoms with Gasteiger partial charge in [-0.25, -0.2) is 0 Å². The average molecular weight is 570 g/mol. The Morgan fingerprint density at radius 2 is 1.51 bits per heavy atom. The Hall–Kier alpha value is -3.02. The number of halogens is 2. The number of para-hydroxylation sites is 1. The first-order valence-electron chi connectivity index (χ1n) is 13.2. The van der Waals surface area contributed by atoms with Gasteiger partial charge in [0.25, 0.3) is 5.91 Å². The molecule has 0 heterocycles. The molecular weight excluding hydrogens is 531 g/mol. The van der Waals surface area contributed by atoms with Crippen molar-refractivity contribution in [3.8, 4) is 5.75 Å².